The number of rotatable bonds is 4. The van der Waals surface area contributed by atoms with Gasteiger partial charge >= 0.3 is 0 Å². The van der Waals surface area contributed by atoms with E-state index in [2.05, 4.69) is 21.2 Å². The van der Waals surface area contributed by atoms with Crippen molar-refractivity contribution in [3.8, 4) is 0 Å². The lowest BCUT2D eigenvalue weighted by Gasteiger charge is -2.18. The molecule has 5 heteroatoms. The molecule has 0 spiro atoms. The van der Waals surface area contributed by atoms with Gasteiger partial charge in [0.15, 0.2) is 0 Å². The molecule has 3 nitrogen and oxygen atoms in total. The van der Waals surface area contributed by atoms with E-state index in [4.69, 9.17) is 11.6 Å². The number of hydrogen-bond acceptors (Lipinski definition) is 2. The van der Waals surface area contributed by atoms with Gasteiger partial charge in [-0.2, -0.15) is 0 Å². The Labute approximate surface area is 115 Å². The van der Waals surface area contributed by atoms with E-state index in [1.54, 1.807) is 19.0 Å². The van der Waals surface area contributed by atoms with Gasteiger partial charge in [0.25, 0.3) is 0 Å². The summed E-state index contributed by atoms with van der Waals surface area (Å²) in [5.41, 5.74) is 0.980. The maximum atomic E-state index is 11.6. The number of benzene rings is 1. The average Bonchev–Trinajstić information content (AvgIpc) is 2.26. The largest absolute Gasteiger partial charge is 0.347 e. The standard InChI is InChI=1S/C12H16BrClN2O/c1-8(12(17)16(2)3)15-7-9-4-5-10(13)6-11(9)14/h4-6,8,15H,7H2,1-3H3. The van der Waals surface area contributed by atoms with Crippen LogP contribution in [0.15, 0.2) is 22.7 Å². The van der Waals surface area contributed by atoms with Crippen LogP contribution in [-0.2, 0) is 11.3 Å². The molecule has 0 heterocycles. The molecule has 0 radical (unpaired) electrons. The highest BCUT2D eigenvalue weighted by Gasteiger charge is 2.14. The van der Waals surface area contributed by atoms with Crippen LogP contribution in [0.5, 0.6) is 0 Å². The SMILES string of the molecule is CC(NCc1ccc(Br)cc1Cl)C(=O)N(C)C. The van der Waals surface area contributed by atoms with Gasteiger partial charge in [-0.1, -0.05) is 33.6 Å². The van der Waals surface area contributed by atoms with Crippen LogP contribution in [0.4, 0.5) is 0 Å². The van der Waals surface area contributed by atoms with Crippen LogP contribution < -0.4 is 5.32 Å². The molecule has 1 N–H and O–H groups in total. The lowest BCUT2D eigenvalue weighted by Crippen LogP contribution is -2.41. The van der Waals surface area contributed by atoms with E-state index in [0.29, 0.717) is 11.6 Å². The van der Waals surface area contributed by atoms with Crippen molar-refractivity contribution in [1.29, 1.82) is 0 Å². The number of nitrogens with one attached hydrogen (secondary N) is 1. The Hall–Kier alpha value is -0.580. The fourth-order valence-corrected chi connectivity index (χ4v) is 2.14. The van der Waals surface area contributed by atoms with Gasteiger partial charge in [0, 0.05) is 30.1 Å². The lowest BCUT2D eigenvalue weighted by atomic mass is 10.2. The van der Waals surface area contributed by atoms with Gasteiger partial charge < -0.3 is 10.2 Å². The molecule has 1 rings (SSSR count). The number of carbonyl (C=O) groups excluding carboxylic acids is 1. The molecule has 0 bridgehead atoms. The van der Waals surface area contributed by atoms with Crippen molar-refractivity contribution in [3.63, 3.8) is 0 Å². The van der Waals surface area contributed by atoms with Crippen LogP contribution in [0.2, 0.25) is 5.02 Å². The third kappa shape index (κ3) is 4.30. The van der Waals surface area contributed by atoms with Gasteiger partial charge in [-0.05, 0) is 24.6 Å². The predicted octanol–water partition coefficient (Wildman–Crippen LogP) is 2.67. The molecular formula is C12H16BrClN2O. The van der Waals surface area contributed by atoms with Gasteiger partial charge in [-0.3, -0.25) is 4.79 Å². The average molecular weight is 320 g/mol. The van der Waals surface area contributed by atoms with Gasteiger partial charge in [-0.15, -0.1) is 0 Å². The molecule has 1 amide bonds. The Morgan fingerprint density at radius 3 is 2.71 bits per heavy atom. The van der Waals surface area contributed by atoms with Crippen molar-refractivity contribution in [1.82, 2.24) is 10.2 Å². The Kier molecular flexibility index (Phi) is 5.43. The monoisotopic (exact) mass is 318 g/mol. The minimum Gasteiger partial charge on any atom is -0.347 e. The molecular weight excluding hydrogens is 304 g/mol. The minimum absolute atomic E-state index is 0.0539. The quantitative estimate of drug-likeness (QED) is 0.925. The van der Waals surface area contributed by atoms with Crippen molar-refractivity contribution >= 4 is 33.4 Å². The van der Waals surface area contributed by atoms with Gasteiger partial charge in [0.2, 0.25) is 5.91 Å². The summed E-state index contributed by atoms with van der Waals surface area (Å²) in [6.45, 7) is 2.42. The first-order valence-corrected chi connectivity index (χ1v) is 6.47. The molecule has 1 unspecified atom stereocenters. The highest BCUT2D eigenvalue weighted by molar-refractivity contribution is 9.10. The van der Waals surface area contributed by atoms with Gasteiger partial charge in [-0.25, -0.2) is 0 Å². The number of likely N-dealkylation sites (N-methyl/N-ethyl adjacent to an activating group) is 1. The molecule has 0 saturated heterocycles. The normalized spacial score (nSPS) is 12.3. The van der Waals surface area contributed by atoms with E-state index in [1.165, 1.54) is 0 Å². The summed E-state index contributed by atoms with van der Waals surface area (Å²) in [5, 5.41) is 3.84. The first kappa shape index (κ1) is 14.5. The second-order valence-electron chi connectivity index (χ2n) is 4.07. The Balaban J connectivity index is 2.59. The second-order valence-corrected chi connectivity index (χ2v) is 5.39. The van der Waals surface area contributed by atoms with Crippen molar-refractivity contribution < 1.29 is 4.79 Å². The van der Waals surface area contributed by atoms with E-state index >= 15 is 0 Å². The zero-order valence-corrected chi connectivity index (χ0v) is 12.5. The number of nitrogens with zero attached hydrogens (tertiary/aromatic N) is 1. The predicted molar refractivity (Wildman–Crippen MR) is 74.1 cm³/mol. The van der Waals surface area contributed by atoms with E-state index in [0.717, 1.165) is 10.0 Å². The summed E-state index contributed by atoms with van der Waals surface area (Å²) < 4.78 is 0.948. The topological polar surface area (TPSA) is 32.3 Å². The van der Waals surface area contributed by atoms with Crippen molar-refractivity contribution in [2.75, 3.05) is 14.1 Å². The summed E-state index contributed by atoms with van der Waals surface area (Å²) in [7, 11) is 3.49. The fourth-order valence-electron chi connectivity index (χ4n) is 1.40. The van der Waals surface area contributed by atoms with Crippen molar-refractivity contribution in [2.24, 2.45) is 0 Å². The second kappa shape index (κ2) is 6.38. The van der Waals surface area contributed by atoms with Crippen LogP contribution in [0.1, 0.15) is 12.5 Å². The van der Waals surface area contributed by atoms with E-state index < -0.39 is 0 Å². The molecule has 0 aliphatic carbocycles. The number of amides is 1. The molecule has 0 aliphatic rings. The molecule has 17 heavy (non-hydrogen) atoms. The van der Waals surface area contributed by atoms with Crippen LogP contribution >= 0.6 is 27.5 Å². The maximum Gasteiger partial charge on any atom is 0.238 e. The lowest BCUT2D eigenvalue weighted by molar-refractivity contribution is -0.130. The molecule has 1 aromatic rings. The third-order valence-electron chi connectivity index (χ3n) is 2.43. The summed E-state index contributed by atoms with van der Waals surface area (Å²) in [5.74, 6) is 0.0539. The van der Waals surface area contributed by atoms with Crippen molar-refractivity contribution in [2.45, 2.75) is 19.5 Å². The molecule has 0 saturated carbocycles. The van der Waals surface area contributed by atoms with E-state index in [-0.39, 0.29) is 11.9 Å². The number of carbonyl (C=O) groups is 1. The first-order chi connectivity index (χ1) is 7.91. The zero-order valence-electron chi connectivity index (χ0n) is 10.1. The Morgan fingerprint density at radius 1 is 1.53 bits per heavy atom. The molecule has 0 fully saturated rings. The highest BCUT2D eigenvalue weighted by atomic mass is 79.9. The summed E-state index contributed by atoms with van der Waals surface area (Å²) in [4.78, 5) is 13.2. The zero-order chi connectivity index (χ0) is 13.0. The maximum absolute atomic E-state index is 11.6. The van der Waals surface area contributed by atoms with Gasteiger partial charge in [0.1, 0.15) is 0 Å². The Bertz CT molecular complexity index is 409. The number of halogens is 2. The molecule has 0 aromatic heterocycles. The molecule has 94 valence electrons. The number of hydrogen-bond donors (Lipinski definition) is 1. The first-order valence-electron chi connectivity index (χ1n) is 5.30. The van der Waals surface area contributed by atoms with Gasteiger partial charge in [0.05, 0.1) is 6.04 Å². The summed E-state index contributed by atoms with van der Waals surface area (Å²) in [6, 6.07) is 5.50. The van der Waals surface area contributed by atoms with E-state index in [9.17, 15) is 4.79 Å². The smallest absolute Gasteiger partial charge is 0.238 e. The van der Waals surface area contributed by atoms with Crippen LogP contribution in [0.25, 0.3) is 0 Å². The van der Waals surface area contributed by atoms with Crippen LogP contribution in [0, 0.1) is 0 Å². The third-order valence-corrected chi connectivity index (χ3v) is 3.27. The van der Waals surface area contributed by atoms with Crippen molar-refractivity contribution in [3.05, 3.63) is 33.3 Å². The molecule has 1 aromatic carbocycles. The fraction of sp³-hybridized carbons (Fsp3) is 0.417. The summed E-state index contributed by atoms with van der Waals surface area (Å²) in [6.07, 6.45) is 0. The Morgan fingerprint density at radius 2 is 2.18 bits per heavy atom. The van der Waals surface area contributed by atoms with Crippen LogP contribution in [-0.4, -0.2) is 30.9 Å². The highest BCUT2D eigenvalue weighted by Crippen LogP contribution is 2.21. The summed E-state index contributed by atoms with van der Waals surface area (Å²) >= 11 is 9.44. The van der Waals surface area contributed by atoms with Crippen LogP contribution in [0.3, 0.4) is 0 Å². The minimum atomic E-state index is -0.218. The van der Waals surface area contributed by atoms with E-state index in [1.807, 2.05) is 25.1 Å². The molecule has 0 aliphatic heterocycles. The molecule has 1 atom stereocenters.